The summed E-state index contributed by atoms with van der Waals surface area (Å²) in [4.78, 5) is 11.2. The molecule has 0 amide bonds. The lowest BCUT2D eigenvalue weighted by Gasteiger charge is -2.43. The average molecular weight is 377 g/mol. The Morgan fingerprint density at radius 2 is 2.00 bits per heavy atom. The lowest BCUT2D eigenvalue weighted by Crippen LogP contribution is -2.34. The molecule has 1 aromatic carbocycles. The number of rotatable bonds is 7. The molecule has 4 nitrogen and oxygen atoms in total. The van der Waals surface area contributed by atoms with E-state index in [1.165, 1.54) is 25.3 Å². The third kappa shape index (κ3) is 4.84. The van der Waals surface area contributed by atoms with Gasteiger partial charge < -0.3 is 15.3 Å². The van der Waals surface area contributed by atoms with Crippen LogP contribution in [-0.2, 0) is 6.42 Å². The fraction of sp³-hybridized carbons (Fsp3) is 0.696. The van der Waals surface area contributed by atoms with Crippen LogP contribution in [0.5, 0.6) is 11.5 Å². The molecular formula is C23H36O4. The topological polar surface area (TPSA) is 77.8 Å². The summed E-state index contributed by atoms with van der Waals surface area (Å²) >= 11 is 0. The number of aliphatic hydroxyl groups excluding tert-OH is 1. The SMILES string of the molecule is Cc1cc(O)c(CC(O)C(C)CCC2C(C)CCCC2(C)C)c(O)c1C=O. The van der Waals surface area contributed by atoms with Crippen LogP contribution in [0, 0.1) is 30.1 Å². The second-order valence-corrected chi connectivity index (χ2v) is 9.36. The van der Waals surface area contributed by atoms with Crippen molar-refractivity contribution in [3.63, 3.8) is 0 Å². The molecule has 4 heteroatoms. The van der Waals surface area contributed by atoms with Gasteiger partial charge in [0, 0.05) is 12.0 Å². The Morgan fingerprint density at radius 1 is 1.33 bits per heavy atom. The summed E-state index contributed by atoms with van der Waals surface area (Å²) in [6.07, 6.45) is 5.90. The standard InChI is InChI=1S/C23H36O4/c1-14-7-6-10-23(4,5)19(14)9-8-15(2)20(25)12-17-21(26)11-16(3)18(13-24)22(17)27/h11,13-15,19-20,25-27H,6-10,12H2,1-5H3. The molecule has 1 aliphatic rings. The minimum absolute atomic E-state index is 0.0507. The average Bonchev–Trinajstić information content (AvgIpc) is 2.57. The molecule has 0 aromatic heterocycles. The predicted octanol–water partition coefficient (Wildman–Crippen LogP) is 5.00. The normalized spacial score (nSPS) is 24.4. The second-order valence-electron chi connectivity index (χ2n) is 9.36. The maximum absolute atomic E-state index is 11.2. The summed E-state index contributed by atoms with van der Waals surface area (Å²) in [6.45, 7) is 10.7. The third-order valence-corrected chi connectivity index (χ3v) is 6.92. The van der Waals surface area contributed by atoms with Gasteiger partial charge in [-0.25, -0.2) is 0 Å². The molecule has 0 saturated heterocycles. The Hall–Kier alpha value is -1.55. The number of aromatic hydroxyl groups is 2. The molecule has 4 unspecified atom stereocenters. The molecule has 152 valence electrons. The summed E-state index contributed by atoms with van der Waals surface area (Å²) in [5, 5.41) is 31.2. The van der Waals surface area contributed by atoms with Gasteiger partial charge in [-0.05, 0) is 61.0 Å². The maximum atomic E-state index is 11.2. The fourth-order valence-corrected chi connectivity index (χ4v) is 4.95. The van der Waals surface area contributed by atoms with Gasteiger partial charge in [0.25, 0.3) is 0 Å². The lowest BCUT2D eigenvalue weighted by atomic mass is 9.62. The van der Waals surface area contributed by atoms with Crippen molar-refractivity contribution < 1.29 is 20.1 Å². The van der Waals surface area contributed by atoms with Crippen molar-refractivity contribution in [2.75, 3.05) is 0 Å². The fourth-order valence-electron chi connectivity index (χ4n) is 4.95. The van der Waals surface area contributed by atoms with Crippen molar-refractivity contribution in [2.45, 2.75) is 79.2 Å². The Morgan fingerprint density at radius 3 is 2.59 bits per heavy atom. The summed E-state index contributed by atoms with van der Waals surface area (Å²) in [6, 6.07) is 1.47. The zero-order valence-corrected chi connectivity index (χ0v) is 17.5. The van der Waals surface area contributed by atoms with E-state index in [-0.39, 0.29) is 35.0 Å². The van der Waals surface area contributed by atoms with Crippen molar-refractivity contribution in [3.8, 4) is 11.5 Å². The van der Waals surface area contributed by atoms with Gasteiger partial charge >= 0.3 is 0 Å². The molecule has 4 atom stereocenters. The Balaban J connectivity index is 2.04. The van der Waals surface area contributed by atoms with E-state index in [2.05, 4.69) is 20.8 Å². The number of carbonyl (C=O) groups excluding carboxylic acids is 1. The van der Waals surface area contributed by atoms with Gasteiger partial charge in [-0.2, -0.15) is 0 Å². The second kappa shape index (κ2) is 8.64. The van der Waals surface area contributed by atoms with E-state index in [0.717, 1.165) is 12.8 Å². The summed E-state index contributed by atoms with van der Waals surface area (Å²) in [5.74, 6) is 1.14. The number of aliphatic hydroxyl groups is 1. The highest BCUT2D eigenvalue weighted by molar-refractivity contribution is 5.83. The molecule has 0 bridgehead atoms. The highest BCUT2D eigenvalue weighted by atomic mass is 16.3. The first-order chi connectivity index (χ1) is 12.6. The number of carbonyl (C=O) groups is 1. The van der Waals surface area contributed by atoms with Gasteiger partial charge in [0.2, 0.25) is 0 Å². The van der Waals surface area contributed by atoms with Crippen LogP contribution in [0.4, 0.5) is 0 Å². The van der Waals surface area contributed by atoms with Crippen molar-refractivity contribution in [3.05, 3.63) is 22.8 Å². The zero-order chi connectivity index (χ0) is 20.4. The molecule has 27 heavy (non-hydrogen) atoms. The highest BCUT2D eigenvalue weighted by Crippen LogP contribution is 2.46. The molecule has 1 fully saturated rings. The Bertz CT molecular complexity index is 665. The first-order valence-corrected chi connectivity index (χ1v) is 10.3. The van der Waals surface area contributed by atoms with Gasteiger partial charge in [-0.3, -0.25) is 4.79 Å². The van der Waals surface area contributed by atoms with Gasteiger partial charge in [-0.15, -0.1) is 0 Å². The van der Waals surface area contributed by atoms with Gasteiger partial charge in [0.05, 0.1) is 11.7 Å². The number of aldehydes is 1. The van der Waals surface area contributed by atoms with Gasteiger partial charge in [0.1, 0.15) is 11.5 Å². The van der Waals surface area contributed by atoms with E-state index < -0.39 is 6.10 Å². The van der Waals surface area contributed by atoms with E-state index in [9.17, 15) is 20.1 Å². The first-order valence-electron chi connectivity index (χ1n) is 10.3. The lowest BCUT2D eigenvalue weighted by molar-refractivity contribution is 0.0552. The predicted molar refractivity (Wildman–Crippen MR) is 108 cm³/mol. The van der Waals surface area contributed by atoms with Crippen LogP contribution < -0.4 is 0 Å². The summed E-state index contributed by atoms with van der Waals surface area (Å²) in [5.41, 5.74) is 1.31. The minimum atomic E-state index is -0.675. The zero-order valence-electron chi connectivity index (χ0n) is 17.5. The van der Waals surface area contributed by atoms with Crippen molar-refractivity contribution in [2.24, 2.45) is 23.2 Å². The molecule has 1 saturated carbocycles. The van der Waals surface area contributed by atoms with Crippen LogP contribution in [0.15, 0.2) is 6.07 Å². The van der Waals surface area contributed by atoms with E-state index in [1.54, 1.807) is 6.92 Å². The quantitative estimate of drug-likeness (QED) is 0.585. The molecule has 0 spiro atoms. The van der Waals surface area contributed by atoms with Crippen LogP contribution in [0.1, 0.15) is 81.3 Å². The van der Waals surface area contributed by atoms with Crippen LogP contribution in [0.2, 0.25) is 0 Å². The molecule has 0 heterocycles. The number of phenolic OH excluding ortho intramolecular Hbond substituents is 2. The third-order valence-electron chi connectivity index (χ3n) is 6.92. The van der Waals surface area contributed by atoms with Crippen molar-refractivity contribution >= 4 is 6.29 Å². The number of hydrogen-bond acceptors (Lipinski definition) is 4. The molecule has 0 radical (unpaired) electrons. The van der Waals surface area contributed by atoms with Crippen LogP contribution in [0.25, 0.3) is 0 Å². The van der Waals surface area contributed by atoms with E-state index >= 15 is 0 Å². The minimum Gasteiger partial charge on any atom is -0.508 e. The summed E-state index contributed by atoms with van der Waals surface area (Å²) in [7, 11) is 0. The first kappa shape index (κ1) is 21.7. The molecule has 0 aliphatic heterocycles. The number of hydrogen-bond donors (Lipinski definition) is 3. The number of phenols is 2. The van der Waals surface area contributed by atoms with E-state index in [4.69, 9.17) is 0 Å². The van der Waals surface area contributed by atoms with Crippen molar-refractivity contribution in [1.82, 2.24) is 0 Å². The molecule has 3 N–H and O–H groups in total. The van der Waals surface area contributed by atoms with E-state index in [1.807, 2.05) is 6.92 Å². The molecule has 2 rings (SSSR count). The Labute approximate surface area is 163 Å². The molecule has 1 aliphatic carbocycles. The summed E-state index contributed by atoms with van der Waals surface area (Å²) < 4.78 is 0. The Kier molecular flexibility index (Phi) is 6.96. The smallest absolute Gasteiger partial charge is 0.154 e. The number of benzene rings is 1. The van der Waals surface area contributed by atoms with Gasteiger partial charge in [-0.1, -0.05) is 40.5 Å². The molecular weight excluding hydrogens is 340 g/mol. The maximum Gasteiger partial charge on any atom is 0.154 e. The van der Waals surface area contributed by atoms with E-state index in [0.29, 0.717) is 29.1 Å². The highest BCUT2D eigenvalue weighted by Gasteiger charge is 2.36. The molecule has 1 aromatic rings. The monoisotopic (exact) mass is 376 g/mol. The largest absolute Gasteiger partial charge is 0.508 e. The van der Waals surface area contributed by atoms with Crippen LogP contribution in [-0.4, -0.2) is 27.7 Å². The van der Waals surface area contributed by atoms with Crippen LogP contribution >= 0.6 is 0 Å². The van der Waals surface area contributed by atoms with Crippen molar-refractivity contribution in [1.29, 1.82) is 0 Å². The van der Waals surface area contributed by atoms with Gasteiger partial charge in [0.15, 0.2) is 6.29 Å². The van der Waals surface area contributed by atoms with Crippen LogP contribution in [0.3, 0.4) is 0 Å². The number of aryl methyl sites for hydroxylation is 1.